The van der Waals surface area contributed by atoms with Crippen molar-refractivity contribution < 1.29 is 9.84 Å². The Morgan fingerprint density at radius 2 is 2.24 bits per heavy atom. The van der Waals surface area contributed by atoms with E-state index in [2.05, 4.69) is 23.8 Å². The Bertz CT molecular complexity index is 450. The van der Waals surface area contributed by atoms with Gasteiger partial charge in [-0.05, 0) is 50.7 Å². The lowest BCUT2D eigenvalue weighted by atomic mass is 10.1. The van der Waals surface area contributed by atoms with Crippen LogP contribution in [0.3, 0.4) is 0 Å². The molecule has 1 fully saturated rings. The molecule has 0 amide bonds. The highest BCUT2D eigenvalue weighted by Crippen LogP contribution is 2.23. The number of likely N-dealkylation sites (tertiary alicyclic amines) is 1. The fourth-order valence-electron chi connectivity index (χ4n) is 3.29. The van der Waals surface area contributed by atoms with E-state index in [1.54, 1.807) is 7.11 Å². The smallest absolute Gasteiger partial charge is 0.123 e. The zero-order valence-electron chi connectivity index (χ0n) is 13.5. The Morgan fingerprint density at radius 1 is 1.43 bits per heavy atom. The molecule has 1 aromatic rings. The molecule has 1 aliphatic rings. The zero-order valence-corrected chi connectivity index (χ0v) is 13.5. The van der Waals surface area contributed by atoms with Crippen molar-refractivity contribution in [3.63, 3.8) is 0 Å². The number of hydrogen-bond donors (Lipinski definition) is 1. The Labute approximate surface area is 128 Å². The summed E-state index contributed by atoms with van der Waals surface area (Å²) >= 11 is 0. The van der Waals surface area contributed by atoms with Crippen LogP contribution in [0.1, 0.15) is 30.9 Å². The molecule has 0 saturated carbocycles. The summed E-state index contributed by atoms with van der Waals surface area (Å²) < 4.78 is 5.44. The summed E-state index contributed by atoms with van der Waals surface area (Å²) in [4.78, 5) is 4.93. The van der Waals surface area contributed by atoms with E-state index in [0.717, 1.165) is 36.5 Å². The molecule has 4 heteroatoms. The van der Waals surface area contributed by atoms with Gasteiger partial charge in [0.1, 0.15) is 5.75 Å². The maximum absolute atomic E-state index is 9.30. The molecule has 0 spiro atoms. The summed E-state index contributed by atoms with van der Waals surface area (Å²) in [5.41, 5.74) is 2.09. The van der Waals surface area contributed by atoms with Crippen LogP contribution in [0.5, 0.6) is 5.75 Å². The van der Waals surface area contributed by atoms with Crippen molar-refractivity contribution in [1.82, 2.24) is 9.80 Å². The van der Waals surface area contributed by atoms with Crippen molar-refractivity contribution in [3.8, 4) is 5.75 Å². The third-order valence-corrected chi connectivity index (χ3v) is 4.40. The average molecular weight is 292 g/mol. The summed E-state index contributed by atoms with van der Waals surface area (Å²) in [6, 6.07) is 6.58. The van der Waals surface area contributed by atoms with Crippen LogP contribution in [0.15, 0.2) is 18.2 Å². The van der Waals surface area contributed by atoms with Crippen LogP contribution in [0.4, 0.5) is 0 Å². The second-order valence-electron chi connectivity index (χ2n) is 5.93. The number of likely N-dealkylation sites (N-methyl/N-ethyl adjacent to an activating group) is 2. The van der Waals surface area contributed by atoms with E-state index in [4.69, 9.17) is 4.74 Å². The summed E-state index contributed by atoms with van der Waals surface area (Å²) in [5.74, 6) is 0.901. The van der Waals surface area contributed by atoms with Crippen LogP contribution in [0, 0.1) is 0 Å². The number of rotatable bonds is 7. The van der Waals surface area contributed by atoms with Crippen molar-refractivity contribution in [3.05, 3.63) is 29.3 Å². The number of nitrogens with zero attached hydrogens (tertiary/aromatic N) is 2. The molecule has 1 unspecified atom stereocenters. The normalized spacial score (nSPS) is 19.4. The molecule has 0 radical (unpaired) electrons. The number of ether oxygens (including phenoxy) is 1. The number of aliphatic hydroxyl groups excluding tert-OH is 1. The first-order valence-electron chi connectivity index (χ1n) is 7.87. The van der Waals surface area contributed by atoms with E-state index in [9.17, 15) is 5.11 Å². The van der Waals surface area contributed by atoms with Gasteiger partial charge in [0.05, 0.1) is 13.7 Å². The largest absolute Gasteiger partial charge is 0.496 e. The van der Waals surface area contributed by atoms with Crippen molar-refractivity contribution in [2.75, 3.05) is 33.8 Å². The number of methoxy groups -OCH3 is 1. The molecule has 1 aliphatic heterocycles. The predicted molar refractivity (Wildman–Crippen MR) is 85.5 cm³/mol. The van der Waals surface area contributed by atoms with Gasteiger partial charge in [-0.15, -0.1) is 0 Å². The van der Waals surface area contributed by atoms with Crippen molar-refractivity contribution in [2.24, 2.45) is 0 Å². The van der Waals surface area contributed by atoms with Gasteiger partial charge in [0.25, 0.3) is 0 Å². The summed E-state index contributed by atoms with van der Waals surface area (Å²) in [7, 11) is 3.87. The molecule has 2 rings (SSSR count). The first-order chi connectivity index (χ1) is 10.2. The lowest BCUT2D eigenvalue weighted by Crippen LogP contribution is -2.38. The van der Waals surface area contributed by atoms with Gasteiger partial charge < -0.3 is 14.7 Å². The van der Waals surface area contributed by atoms with Crippen LogP contribution in [0.25, 0.3) is 0 Å². The molecular weight excluding hydrogens is 264 g/mol. The van der Waals surface area contributed by atoms with E-state index in [1.165, 1.54) is 19.4 Å². The highest BCUT2D eigenvalue weighted by atomic mass is 16.5. The molecule has 21 heavy (non-hydrogen) atoms. The maximum atomic E-state index is 9.30. The predicted octanol–water partition coefficient (Wildman–Crippen LogP) is 2.10. The van der Waals surface area contributed by atoms with Gasteiger partial charge in [-0.2, -0.15) is 0 Å². The van der Waals surface area contributed by atoms with Gasteiger partial charge in [-0.1, -0.05) is 13.0 Å². The monoisotopic (exact) mass is 292 g/mol. The van der Waals surface area contributed by atoms with E-state index < -0.39 is 0 Å². The highest BCUT2D eigenvalue weighted by molar-refractivity contribution is 5.37. The maximum Gasteiger partial charge on any atom is 0.123 e. The van der Waals surface area contributed by atoms with E-state index >= 15 is 0 Å². The summed E-state index contributed by atoms with van der Waals surface area (Å²) in [6.07, 6.45) is 2.61. The topological polar surface area (TPSA) is 35.9 Å². The Kier molecular flexibility index (Phi) is 6.03. The van der Waals surface area contributed by atoms with Crippen LogP contribution in [0.2, 0.25) is 0 Å². The Balaban J connectivity index is 2.00. The van der Waals surface area contributed by atoms with Gasteiger partial charge in [0.15, 0.2) is 0 Å². The van der Waals surface area contributed by atoms with E-state index in [0.29, 0.717) is 6.04 Å². The quantitative estimate of drug-likeness (QED) is 0.835. The Hall–Kier alpha value is -1.10. The molecule has 118 valence electrons. The molecule has 0 aromatic heterocycles. The van der Waals surface area contributed by atoms with Gasteiger partial charge in [0.2, 0.25) is 0 Å². The van der Waals surface area contributed by atoms with Gasteiger partial charge >= 0.3 is 0 Å². The van der Waals surface area contributed by atoms with Crippen LogP contribution in [-0.2, 0) is 13.2 Å². The first kappa shape index (κ1) is 16.3. The molecule has 1 aromatic carbocycles. The molecule has 1 N–H and O–H groups in total. The molecule has 4 nitrogen and oxygen atoms in total. The minimum Gasteiger partial charge on any atom is -0.496 e. The Morgan fingerprint density at radius 3 is 2.90 bits per heavy atom. The summed E-state index contributed by atoms with van der Waals surface area (Å²) in [6.45, 7) is 6.63. The fraction of sp³-hybridized carbons (Fsp3) is 0.647. The van der Waals surface area contributed by atoms with Gasteiger partial charge in [-0.3, -0.25) is 4.90 Å². The second-order valence-corrected chi connectivity index (χ2v) is 5.93. The van der Waals surface area contributed by atoms with Gasteiger partial charge in [-0.25, -0.2) is 0 Å². The van der Waals surface area contributed by atoms with Crippen molar-refractivity contribution >= 4 is 0 Å². The first-order valence-corrected chi connectivity index (χ1v) is 7.87. The second kappa shape index (κ2) is 7.78. The molecule has 1 atom stereocenters. The van der Waals surface area contributed by atoms with Crippen LogP contribution < -0.4 is 4.74 Å². The molecule has 0 bridgehead atoms. The minimum atomic E-state index is 0.0763. The molecular formula is C17H28N2O2. The average Bonchev–Trinajstić information content (AvgIpc) is 2.94. The zero-order chi connectivity index (χ0) is 15.2. The standard InChI is InChI=1S/C17H28N2O2/c1-4-19-9-5-6-16(19)12-18(2)11-15-10-14(13-20)7-8-17(15)21-3/h7-8,10,16,20H,4-6,9,11-13H2,1-3H3. The number of aliphatic hydroxyl groups is 1. The van der Waals surface area contributed by atoms with Crippen molar-refractivity contribution in [2.45, 2.75) is 39.0 Å². The lowest BCUT2D eigenvalue weighted by Gasteiger charge is -2.28. The highest BCUT2D eigenvalue weighted by Gasteiger charge is 2.24. The van der Waals surface area contributed by atoms with Crippen molar-refractivity contribution in [1.29, 1.82) is 0 Å². The molecule has 1 saturated heterocycles. The third-order valence-electron chi connectivity index (χ3n) is 4.40. The number of benzene rings is 1. The fourth-order valence-corrected chi connectivity index (χ4v) is 3.29. The third kappa shape index (κ3) is 4.19. The van der Waals surface area contributed by atoms with E-state index in [1.807, 2.05) is 18.2 Å². The minimum absolute atomic E-state index is 0.0763. The molecule has 0 aliphatic carbocycles. The number of hydrogen-bond acceptors (Lipinski definition) is 4. The molecule has 1 heterocycles. The SMILES string of the molecule is CCN1CCCC1CN(C)Cc1cc(CO)ccc1OC. The lowest BCUT2D eigenvalue weighted by molar-refractivity contribution is 0.193. The van der Waals surface area contributed by atoms with Crippen LogP contribution in [-0.4, -0.2) is 54.7 Å². The van der Waals surface area contributed by atoms with Crippen LogP contribution >= 0.6 is 0 Å². The van der Waals surface area contributed by atoms with E-state index in [-0.39, 0.29) is 6.61 Å². The summed E-state index contributed by atoms with van der Waals surface area (Å²) in [5, 5.41) is 9.30. The van der Waals surface area contributed by atoms with Gasteiger partial charge in [0, 0.05) is 24.7 Å².